The van der Waals surface area contributed by atoms with Gasteiger partial charge in [-0.2, -0.15) is 0 Å². The molecule has 108 valence electrons. The molecule has 2 heterocycles. The lowest BCUT2D eigenvalue weighted by atomic mass is 10.2. The third kappa shape index (κ3) is 2.70. The van der Waals surface area contributed by atoms with Crippen LogP contribution < -0.4 is 11.1 Å². The van der Waals surface area contributed by atoms with E-state index < -0.39 is 12.0 Å². The van der Waals surface area contributed by atoms with Crippen molar-refractivity contribution in [2.45, 2.75) is 37.4 Å². The van der Waals surface area contributed by atoms with Crippen LogP contribution >= 0.6 is 0 Å². The molecule has 1 aliphatic heterocycles. The van der Waals surface area contributed by atoms with E-state index in [1.807, 2.05) is 12.1 Å². The average Bonchev–Trinajstić information content (AvgIpc) is 2.89. The first kappa shape index (κ1) is 13.2. The highest BCUT2D eigenvalue weighted by atomic mass is 16.5. The molecule has 2 aliphatic rings. The van der Waals surface area contributed by atoms with E-state index >= 15 is 0 Å². The number of carbonyl (C=O) groups is 2. The van der Waals surface area contributed by atoms with Gasteiger partial charge in [-0.05, 0) is 31.4 Å². The van der Waals surface area contributed by atoms with Crippen LogP contribution in [0.5, 0.6) is 0 Å². The molecule has 1 aliphatic carbocycles. The van der Waals surface area contributed by atoms with Gasteiger partial charge in [0.1, 0.15) is 11.9 Å². The average molecular weight is 278 g/mol. The fourth-order valence-corrected chi connectivity index (χ4v) is 2.71. The Morgan fingerprint density at radius 2 is 2.25 bits per heavy atom. The van der Waals surface area contributed by atoms with E-state index in [0.717, 1.165) is 18.6 Å². The molecule has 0 unspecified atom stereocenters. The molecule has 1 saturated carbocycles. The molecule has 4 atom stereocenters. The van der Waals surface area contributed by atoms with Gasteiger partial charge in [0, 0.05) is 18.4 Å². The molecule has 0 bridgehead atoms. The second-order valence-corrected chi connectivity index (χ2v) is 5.44. The quantitative estimate of drug-likeness (QED) is 0.821. The minimum Gasteiger partial charge on any atom is -0.469 e. The Bertz CT molecular complexity index is 499. The monoisotopic (exact) mass is 278 g/mol. The number of nitrogens with one attached hydrogen (secondary N) is 1. The van der Waals surface area contributed by atoms with Crippen molar-refractivity contribution >= 4 is 11.8 Å². The van der Waals surface area contributed by atoms with Crippen molar-refractivity contribution in [3.05, 3.63) is 24.2 Å². The molecule has 0 spiro atoms. The molecule has 6 heteroatoms. The van der Waals surface area contributed by atoms with Crippen LogP contribution in [0.3, 0.4) is 0 Å². The van der Waals surface area contributed by atoms with E-state index in [9.17, 15) is 9.59 Å². The topological polar surface area (TPSA) is 94.6 Å². The Morgan fingerprint density at radius 1 is 1.40 bits per heavy atom. The predicted octanol–water partition coefficient (Wildman–Crippen LogP) is 0.532. The fourth-order valence-electron chi connectivity index (χ4n) is 2.71. The summed E-state index contributed by atoms with van der Waals surface area (Å²) in [6, 6.07) is 3.73. The molecule has 3 N–H and O–H groups in total. The number of hydrogen-bond acceptors (Lipinski definition) is 4. The first-order valence-electron chi connectivity index (χ1n) is 6.91. The smallest absolute Gasteiger partial charge is 0.246 e. The number of ether oxygens (including phenoxy) is 1. The lowest BCUT2D eigenvalue weighted by molar-refractivity contribution is -0.128. The zero-order valence-electron chi connectivity index (χ0n) is 11.1. The largest absolute Gasteiger partial charge is 0.469 e. The molecule has 1 aromatic heterocycles. The Hall–Kier alpha value is -1.82. The highest BCUT2D eigenvalue weighted by Gasteiger charge is 2.46. The Labute approximate surface area is 116 Å². The van der Waals surface area contributed by atoms with Crippen LogP contribution in [0, 0.1) is 5.92 Å². The molecule has 2 fully saturated rings. The number of furan rings is 1. The summed E-state index contributed by atoms with van der Waals surface area (Å²) < 4.78 is 10.8. The molecule has 2 amide bonds. The van der Waals surface area contributed by atoms with Gasteiger partial charge in [-0.15, -0.1) is 0 Å². The summed E-state index contributed by atoms with van der Waals surface area (Å²) in [5, 5.41) is 2.88. The molecular formula is C14H18N2O4. The maximum Gasteiger partial charge on any atom is 0.246 e. The van der Waals surface area contributed by atoms with Crippen LogP contribution in [-0.2, 0) is 14.3 Å². The Balaban J connectivity index is 1.42. The second-order valence-electron chi connectivity index (χ2n) is 5.44. The summed E-state index contributed by atoms with van der Waals surface area (Å²) in [5.74, 6) is 0.662. The molecule has 0 aromatic carbocycles. The van der Waals surface area contributed by atoms with Crippen LogP contribution in [-0.4, -0.2) is 30.6 Å². The van der Waals surface area contributed by atoms with E-state index in [0.29, 0.717) is 13.0 Å². The van der Waals surface area contributed by atoms with Crippen LogP contribution in [0.4, 0.5) is 0 Å². The van der Waals surface area contributed by atoms with Gasteiger partial charge in [0.25, 0.3) is 0 Å². The van der Waals surface area contributed by atoms with Gasteiger partial charge in [-0.25, -0.2) is 0 Å². The van der Waals surface area contributed by atoms with Crippen molar-refractivity contribution in [3.63, 3.8) is 0 Å². The third-order valence-electron chi connectivity index (χ3n) is 3.96. The first-order chi connectivity index (χ1) is 9.65. The Kier molecular flexibility index (Phi) is 3.48. The maximum atomic E-state index is 12.0. The van der Waals surface area contributed by atoms with Crippen LogP contribution in [0.25, 0.3) is 0 Å². The highest BCUT2D eigenvalue weighted by molar-refractivity contribution is 5.82. The van der Waals surface area contributed by atoms with Gasteiger partial charge in [0.2, 0.25) is 11.8 Å². The lowest BCUT2D eigenvalue weighted by Crippen LogP contribution is -2.35. The molecular weight excluding hydrogens is 260 g/mol. The SMILES string of the molecule is NC(=O)[C@@H]1CC[C@H](CNC(=O)[C@@H]2C[C@H]2c2ccco2)O1. The van der Waals surface area contributed by atoms with Gasteiger partial charge in [-0.1, -0.05) is 0 Å². The number of nitrogens with two attached hydrogens (primary N) is 1. The third-order valence-corrected chi connectivity index (χ3v) is 3.96. The number of primary amides is 1. The van der Waals surface area contributed by atoms with E-state index in [1.54, 1.807) is 6.26 Å². The number of carbonyl (C=O) groups excluding carboxylic acids is 2. The van der Waals surface area contributed by atoms with Crippen LogP contribution in [0.1, 0.15) is 30.9 Å². The van der Waals surface area contributed by atoms with Crippen molar-refractivity contribution in [3.8, 4) is 0 Å². The van der Waals surface area contributed by atoms with Crippen molar-refractivity contribution in [1.82, 2.24) is 5.32 Å². The van der Waals surface area contributed by atoms with Gasteiger partial charge in [0.05, 0.1) is 12.4 Å². The molecule has 1 saturated heterocycles. The minimum atomic E-state index is -0.506. The second kappa shape index (κ2) is 5.28. The summed E-state index contributed by atoms with van der Waals surface area (Å²) >= 11 is 0. The van der Waals surface area contributed by atoms with Crippen LogP contribution in [0.15, 0.2) is 22.8 Å². The van der Waals surface area contributed by atoms with E-state index in [-0.39, 0.29) is 23.8 Å². The van der Waals surface area contributed by atoms with E-state index in [1.165, 1.54) is 0 Å². The lowest BCUT2D eigenvalue weighted by Gasteiger charge is -2.12. The summed E-state index contributed by atoms with van der Waals surface area (Å²) in [5.41, 5.74) is 5.18. The number of amides is 2. The molecule has 1 aromatic rings. The first-order valence-corrected chi connectivity index (χ1v) is 6.91. The predicted molar refractivity (Wildman–Crippen MR) is 69.7 cm³/mol. The zero-order valence-corrected chi connectivity index (χ0v) is 11.1. The highest BCUT2D eigenvalue weighted by Crippen LogP contribution is 2.47. The normalized spacial score (nSPS) is 32.0. The molecule has 0 radical (unpaired) electrons. The molecule has 3 rings (SSSR count). The van der Waals surface area contributed by atoms with Gasteiger partial charge >= 0.3 is 0 Å². The van der Waals surface area contributed by atoms with Crippen molar-refractivity contribution in [2.75, 3.05) is 6.54 Å². The van der Waals surface area contributed by atoms with Gasteiger partial charge in [0.15, 0.2) is 0 Å². The maximum absolute atomic E-state index is 12.0. The summed E-state index contributed by atoms with van der Waals surface area (Å²) in [4.78, 5) is 23.0. The zero-order chi connectivity index (χ0) is 14.1. The summed E-state index contributed by atoms with van der Waals surface area (Å²) in [6.07, 6.45) is 3.22. The fraction of sp³-hybridized carbons (Fsp3) is 0.571. The summed E-state index contributed by atoms with van der Waals surface area (Å²) in [7, 11) is 0. The van der Waals surface area contributed by atoms with Crippen LogP contribution in [0.2, 0.25) is 0 Å². The summed E-state index contributed by atoms with van der Waals surface area (Å²) in [6.45, 7) is 0.435. The van der Waals surface area contributed by atoms with E-state index in [4.69, 9.17) is 14.9 Å². The molecule has 6 nitrogen and oxygen atoms in total. The van der Waals surface area contributed by atoms with Gasteiger partial charge < -0.3 is 20.2 Å². The number of hydrogen-bond donors (Lipinski definition) is 2. The van der Waals surface area contributed by atoms with Crippen molar-refractivity contribution < 1.29 is 18.7 Å². The molecule has 20 heavy (non-hydrogen) atoms. The Morgan fingerprint density at radius 3 is 2.90 bits per heavy atom. The standard InChI is InChI=1S/C14H18N2O4/c15-13(17)12-4-3-8(20-12)7-16-14(18)10-6-9(10)11-2-1-5-19-11/h1-2,5,8-10,12H,3-4,6-7H2,(H2,15,17)(H,16,18)/t8-,9-,10-,12+/m1/s1. The number of rotatable bonds is 5. The van der Waals surface area contributed by atoms with Gasteiger partial charge in [-0.3, -0.25) is 9.59 Å². The van der Waals surface area contributed by atoms with Crippen molar-refractivity contribution in [1.29, 1.82) is 0 Å². The van der Waals surface area contributed by atoms with E-state index in [2.05, 4.69) is 5.32 Å². The minimum absolute atomic E-state index is 0.00510. The van der Waals surface area contributed by atoms with Crippen molar-refractivity contribution in [2.24, 2.45) is 11.7 Å².